The van der Waals surface area contributed by atoms with Crippen LogP contribution in [0.2, 0.25) is 0 Å². The van der Waals surface area contributed by atoms with Crippen molar-refractivity contribution in [3.8, 4) is 16.9 Å². The van der Waals surface area contributed by atoms with Crippen molar-refractivity contribution in [1.29, 1.82) is 0 Å². The first-order valence-electron chi connectivity index (χ1n) is 10.3. The molecule has 5 rings (SSSR count). The molecule has 1 saturated heterocycles. The minimum atomic E-state index is -0.448. The zero-order valence-electron chi connectivity index (χ0n) is 18.1. The summed E-state index contributed by atoms with van der Waals surface area (Å²) < 4.78 is 18.3. The number of methoxy groups -OCH3 is 1. The van der Waals surface area contributed by atoms with Gasteiger partial charge in [0, 0.05) is 27.3 Å². The van der Waals surface area contributed by atoms with Gasteiger partial charge in [0.05, 0.1) is 18.3 Å². The average Bonchev–Trinajstić information content (AvgIpc) is 3.20. The Bertz CT molecular complexity index is 1230. The summed E-state index contributed by atoms with van der Waals surface area (Å²) in [6.07, 6.45) is 0. The Balaban J connectivity index is 1.78. The summed E-state index contributed by atoms with van der Waals surface area (Å²) in [7, 11) is 1.25. The highest BCUT2D eigenvalue weighted by Gasteiger charge is 2.52. The maximum atomic E-state index is 6.42. The van der Waals surface area contributed by atoms with Crippen LogP contribution in [0.4, 0.5) is 0 Å². The van der Waals surface area contributed by atoms with Crippen molar-refractivity contribution in [2.24, 2.45) is 0 Å². The molecule has 0 atom stereocenters. The zero-order chi connectivity index (χ0) is 21.1. The Kier molecular flexibility index (Phi) is 4.25. The van der Waals surface area contributed by atoms with Gasteiger partial charge in [-0.15, -0.1) is 0 Å². The number of benzene rings is 3. The number of nitrogens with one attached hydrogen (secondary N) is 1. The molecule has 0 saturated carbocycles. The van der Waals surface area contributed by atoms with Crippen molar-refractivity contribution in [2.45, 2.75) is 38.9 Å². The summed E-state index contributed by atoms with van der Waals surface area (Å²) in [5.41, 5.74) is 4.61. The Morgan fingerprint density at radius 1 is 0.800 bits per heavy atom. The van der Waals surface area contributed by atoms with E-state index in [1.165, 1.54) is 0 Å². The summed E-state index contributed by atoms with van der Waals surface area (Å²) in [5.74, 6) is 0.839. The molecule has 152 valence electrons. The molecule has 4 nitrogen and oxygen atoms in total. The fourth-order valence-electron chi connectivity index (χ4n) is 4.09. The van der Waals surface area contributed by atoms with Gasteiger partial charge in [0.25, 0.3) is 0 Å². The van der Waals surface area contributed by atoms with Crippen LogP contribution in [0.1, 0.15) is 27.7 Å². The SMILES string of the molecule is COc1ccc2[nH]c3c(B4OC(C)(C)C(C)(C)O4)cc(-c4ccccc4)cc3c2c1. The van der Waals surface area contributed by atoms with Gasteiger partial charge >= 0.3 is 7.12 Å². The Hall–Kier alpha value is -2.76. The smallest absolute Gasteiger partial charge is 0.497 e. The number of aromatic nitrogens is 1. The minimum absolute atomic E-state index is 0.401. The van der Waals surface area contributed by atoms with Crippen LogP contribution in [0, 0.1) is 0 Å². The summed E-state index contributed by atoms with van der Waals surface area (Å²) in [4.78, 5) is 3.59. The third kappa shape index (κ3) is 2.92. The van der Waals surface area contributed by atoms with Crippen LogP contribution in [-0.4, -0.2) is 30.4 Å². The first-order valence-corrected chi connectivity index (χ1v) is 10.3. The number of hydrogen-bond acceptors (Lipinski definition) is 3. The first-order chi connectivity index (χ1) is 14.3. The van der Waals surface area contributed by atoms with Crippen LogP contribution in [0.3, 0.4) is 0 Å². The molecule has 0 bridgehead atoms. The molecular formula is C25H26BNO3. The van der Waals surface area contributed by atoms with Crippen LogP contribution >= 0.6 is 0 Å². The number of aromatic amines is 1. The van der Waals surface area contributed by atoms with Crippen molar-refractivity contribution in [3.63, 3.8) is 0 Å². The molecule has 30 heavy (non-hydrogen) atoms. The van der Waals surface area contributed by atoms with E-state index >= 15 is 0 Å². The topological polar surface area (TPSA) is 43.5 Å². The van der Waals surface area contributed by atoms with Crippen molar-refractivity contribution < 1.29 is 14.0 Å². The van der Waals surface area contributed by atoms with Crippen LogP contribution in [0.25, 0.3) is 32.9 Å². The molecule has 5 heteroatoms. The molecule has 1 aromatic heterocycles. The second-order valence-electron chi connectivity index (χ2n) is 8.98. The molecular weight excluding hydrogens is 373 g/mol. The van der Waals surface area contributed by atoms with Crippen LogP contribution < -0.4 is 10.2 Å². The second kappa shape index (κ2) is 6.63. The fourth-order valence-corrected chi connectivity index (χ4v) is 4.09. The van der Waals surface area contributed by atoms with E-state index in [0.29, 0.717) is 0 Å². The maximum absolute atomic E-state index is 6.42. The van der Waals surface area contributed by atoms with Gasteiger partial charge in [-0.25, -0.2) is 0 Å². The highest BCUT2D eigenvalue weighted by atomic mass is 16.7. The standard InChI is InChI=1S/C25H26BNO3/c1-24(2)25(3,4)30-26(29-24)21-14-17(16-9-7-6-8-10-16)13-20-19-15-18(28-5)11-12-22(19)27-23(20)21/h6-15,27H,1-5H3. The molecule has 1 aliphatic rings. The lowest BCUT2D eigenvalue weighted by Gasteiger charge is -2.32. The molecule has 2 heterocycles. The summed E-state index contributed by atoms with van der Waals surface area (Å²) >= 11 is 0. The summed E-state index contributed by atoms with van der Waals surface area (Å²) in [6, 6.07) is 21.0. The van der Waals surface area contributed by atoms with E-state index in [0.717, 1.165) is 44.1 Å². The molecule has 1 fully saturated rings. The summed E-state index contributed by atoms with van der Waals surface area (Å²) in [6.45, 7) is 8.34. The van der Waals surface area contributed by atoms with E-state index in [1.54, 1.807) is 7.11 Å². The van der Waals surface area contributed by atoms with E-state index < -0.39 is 18.3 Å². The lowest BCUT2D eigenvalue weighted by Crippen LogP contribution is -2.41. The van der Waals surface area contributed by atoms with Gasteiger partial charge in [-0.3, -0.25) is 0 Å². The van der Waals surface area contributed by atoms with E-state index in [1.807, 2.05) is 12.1 Å². The largest absolute Gasteiger partial charge is 0.497 e. The van der Waals surface area contributed by atoms with Crippen molar-refractivity contribution in [3.05, 3.63) is 60.7 Å². The zero-order valence-corrected chi connectivity index (χ0v) is 18.1. The Morgan fingerprint density at radius 2 is 1.50 bits per heavy atom. The monoisotopic (exact) mass is 399 g/mol. The van der Waals surface area contributed by atoms with Crippen LogP contribution in [0.5, 0.6) is 5.75 Å². The van der Waals surface area contributed by atoms with Crippen LogP contribution in [0.15, 0.2) is 60.7 Å². The molecule has 4 aromatic rings. The number of rotatable bonds is 3. The predicted molar refractivity (Wildman–Crippen MR) is 124 cm³/mol. The Labute approximate surface area is 177 Å². The summed E-state index contributed by atoms with van der Waals surface area (Å²) in [5, 5.41) is 2.26. The van der Waals surface area contributed by atoms with E-state index in [2.05, 4.69) is 81.2 Å². The Morgan fingerprint density at radius 3 is 2.17 bits per heavy atom. The maximum Gasteiger partial charge on any atom is 0.497 e. The van der Waals surface area contributed by atoms with E-state index in [4.69, 9.17) is 14.0 Å². The van der Waals surface area contributed by atoms with Crippen molar-refractivity contribution >= 4 is 34.4 Å². The highest BCUT2D eigenvalue weighted by Crippen LogP contribution is 2.38. The van der Waals surface area contributed by atoms with Crippen molar-refractivity contribution in [2.75, 3.05) is 7.11 Å². The molecule has 0 unspecified atom stereocenters. The quantitative estimate of drug-likeness (QED) is 0.476. The van der Waals surface area contributed by atoms with Gasteiger partial charge < -0.3 is 19.0 Å². The second-order valence-corrected chi connectivity index (χ2v) is 8.98. The third-order valence-electron chi connectivity index (χ3n) is 6.56. The predicted octanol–water partition coefficient (Wildman–Crippen LogP) is 5.30. The lowest BCUT2D eigenvalue weighted by atomic mass is 9.76. The molecule has 0 amide bonds. The molecule has 0 aliphatic carbocycles. The number of ether oxygens (including phenoxy) is 1. The number of H-pyrrole nitrogens is 1. The third-order valence-corrected chi connectivity index (χ3v) is 6.56. The highest BCUT2D eigenvalue weighted by molar-refractivity contribution is 6.65. The van der Waals surface area contributed by atoms with E-state index in [9.17, 15) is 0 Å². The van der Waals surface area contributed by atoms with E-state index in [-0.39, 0.29) is 0 Å². The minimum Gasteiger partial charge on any atom is -0.497 e. The van der Waals surface area contributed by atoms with Gasteiger partial charge in [0.2, 0.25) is 0 Å². The molecule has 1 N–H and O–H groups in total. The van der Waals surface area contributed by atoms with Gasteiger partial charge in [-0.1, -0.05) is 36.4 Å². The van der Waals surface area contributed by atoms with Gasteiger partial charge in [0.1, 0.15) is 5.75 Å². The van der Waals surface area contributed by atoms with Crippen molar-refractivity contribution in [1.82, 2.24) is 4.98 Å². The normalized spacial score (nSPS) is 17.7. The first kappa shape index (κ1) is 19.2. The van der Waals surface area contributed by atoms with Gasteiger partial charge in [-0.2, -0.15) is 0 Å². The lowest BCUT2D eigenvalue weighted by molar-refractivity contribution is 0.00578. The molecule has 0 radical (unpaired) electrons. The average molecular weight is 399 g/mol. The molecule has 1 aliphatic heterocycles. The number of fused-ring (bicyclic) bond motifs is 3. The number of hydrogen-bond donors (Lipinski definition) is 1. The van der Waals surface area contributed by atoms with Gasteiger partial charge in [-0.05, 0) is 63.1 Å². The molecule has 0 spiro atoms. The van der Waals surface area contributed by atoms with Crippen LogP contribution in [-0.2, 0) is 9.31 Å². The fraction of sp³-hybridized carbons (Fsp3) is 0.280. The van der Waals surface area contributed by atoms with Gasteiger partial charge in [0.15, 0.2) is 0 Å². The molecule has 3 aromatic carbocycles.